The highest BCUT2D eigenvalue weighted by Gasteiger charge is 2.17. The van der Waals surface area contributed by atoms with E-state index in [1.807, 2.05) is 12.1 Å². The van der Waals surface area contributed by atoms with Crippen molar-refractivity contribution in [2.75, 3.05) is 0 Å². The van der Waals surface area contributed by atoms with Crippen LogP contribution in [0, 0.1) is 23.3 Å². The molecule has 0 atom stereocenters. The van der Waals surface area contributed by atoms with Crippen LogP contribution in [-0.4, -0.2) is 0 Å². The highest BCUT2D eigenvalue weighted by Crippen LogP contribution is 2.34. The topological polar surface area (TPSA) is 0 Å². The second kappa shape index (κ2) is 7.70. The van der Waals surface area contributed by atoms with Crippen LogP contribution in [0.2, 0.25) is 0 Å². The van der Waals surface area contributed by atoms with Crippen LogP contribution in [0.4, 0.5) is 17.6 Å². The van der Waals surface area contributed by atoms with Crippen LogP contribution in [0.3, 0.4) is 0 Å². The maximum absolute atomic E-state index is 15.1. The number of fused-ring (bicyclic) bond motifs is 1. The third-order valence-corrected chi connectivity index (χ3v) is 5.04. The Hall–Kier alpha value is -3.14. The zero-order chi connectivity index (χ0) is 20.5. The summed E-state index contributed by atoms with van der Waals surface area (Å²) >= 11 is 0. The van der Waals surface area contributed by atoms with Gasteiger partial charge in [-0.3, -0.25) is 0 Å². The lowest BCUT2D eigenvalue weighted by Gasteiger charge is -2.11. The van der Waals surface area contributed by atoms with Crippen LogP contribution in [0.15, 0.2) is 66.7 Å². The minimum absolute atomic E-state index is 0.114. The molecule has 4 rings (SSSR count). The summed E-state index contributed by atoms with van der Waals surface area (Å²) in [5.74, 6) is -2.67. The summed E-state index contributed by atoms with van der Waals surface area (Å²) in [5, 5.41) is 1.16. The Morgan fingerprint density at radius 2 is 1.38 bits per heavy atom. The van der Waals surface area contributed by atoms with Crippen molar-refractivity contribution in [2.24, 2.45) is 0 Å². The zero-order valence-electron chi connectivity index (χ0n) is 15.8. The molecular formula is C25H18F4. The number of rotatable bonds is 4. The van der Waals surface area contributed by atoms with Crippen molar-refractivity contribution in [3.05, 3.63) is 95.6 Å². The molecule has 146 valence electrons. The minimum Gasteiger partial charge on any atom is -0.207 e. The monoisotopic (exact) mass is 394 g/mol. The van der Waals surface area contributed by atoms with Crippen molar-refractivity contribution in [1.82, 2.24) is 0 Å². The van der Waals surface area contributed by atoms with E-state index < -0.39 is 23.3 Å². The molecule has 4 heteroatoms. The fourth-order valence-electron chi connectivity index (χ4n) is 3.63. The standard InChI is InChI=1S/C25H18F4/c1-2-3-15-4-10-20-17(12-15)7-11-21(25(20)29)18-13-22(27)24(23(28)14-18)16-5-8-19(26)9-6-16/h4-14H,2-3H2,1H3. The van der Waals surface area contributed by atoms with Crippen LogP contribution in [0.1, 0.15) is 18.9 Å². The molecule has 0 radical (unpaired) electrons. The normalized spacial score (nSPS) is 11.2. The van der Waals surface area contributed by atoms with Gasteiger partial charge in [-0.15, -0.1) is 0 Å². The Kier molecular flexibility index (Phi) is 5.10. The molecule has 0 amide bonds. The first-order valence-corrected chi connectivity index (χ1v) is 9.44. The number of aryl methyl sites for hydroxylation is 1. The second-order valence-corrected chi connectivity index (χ2v) is 7.05. The van der Waals surface area contributed by atoms with E-state index >= 15 is 4.39 Å². The maximum Gasteiger partial charge on any atom is 0.138 e. The van der Waals surface area contributed by atoms with Gasteiger partial charge in [-0.25, -0.2) is 17.6 Å². The van der Waals surface area contributed by atoms with Crippen molar-refractivity contribution in [2.45, 2.75) is 19.8 Å². The Labute approximate surface area is 166 Å². The summed E-state index contributed by atoms with van der Waals surface area (Å²) in [6.45, 7) is 2.08. The molecule has 0 aromatic heterocycles. The number of benzene rings is 4. The molecule has 0 fully saturated rings. The van der Waals surface area contributed by atoms with Crippen LogP contribution in [0.25, 0.3) is 33.0 Å². The Morgan fingerprint density at radius 1 is 0.690 bits per heavy atom. The largest absolute Gasteiger partial charge is 0.207 e. The first kappa shape index (κ1) is 19.2. The van der Waals surface area contributed by atoms with E-state index in [-0.39, 0.29) is 22.3 Å². The molecule has 0 heterocycles. The zero-order valence-corrected chi connectivity index (χ0v) is 15.8. The lowest BCUT2D eigenvalue weighted by atomic mass is 9.95. The fraction of sp³-hybridized carbons (Fsp3) is 0.120. The van der Waals surface area contributed by atoms with Crippen LogP contribution >= 0.6 is 0 Å². The molecule has 0 aliphatic rings. The van der Waals surface area contributed by atoms with Gasteiger partial charge in [0.15, 0.2) is 0 Å². The first-order valence-electron chi connectivity index (χ1n) is 9.44. The van der Waals surface area contributed by atoms with E-state index in [1.54, 1.807) is 18.2 Å². The van der Waals surface area contributed by atoms with Crippen molar-refractivity contribution < 1.29 is 17.6 Å². The summed E-state index contributed by atoms with van der Waals surface area (Å²) in [4.78, 5) is 0. The van der Waals surface area contributed by atoms with Gasteiger partial charge in [0.05, 0.1) is 5.56 Å². The Balaban J connectivity index is 1.80. The van der Waals surface area contributed by atoms with E-state index in [0.29, 0.717) is 5.39 Å². The van der Waals surface area contributed by atoms with Gasteiger partial charge in [-0.1, -0.05) is 55.8 Å². The van der Waals surface area contributed by atoms with Crippen LogP contribution in [0.5, 0.6) is 0 Å². The summed E-state index contributed by atoms with van der Waals surface area (Å²) in [5.41, 5.74) is 1.31. The van der Waals surface area contributed by atoms with Gasteiger partial charge in [0.1, 0.15) is 23.3 Å². The molecule has 0 N–H and O–H groups in total. The third-order valence-electron chi connectivity index (χ3n) is 5.04. The van der Waals surface area contributed by atoms with E-state index in [9.17, 15) is 13.2 Å². The smallest absolute Gasteiger partial charge is 0.138 e. The van der Waals surface area contributed by atoms with Gasteiger partial charge >= 0.3 is 0 Å². The highest BCUT2D eigenvalue weighted by molar-refractivity contribution is 5.89. The van der Waals surface area contributed by atoms with Crippen molar-refractivity contribution in [3.63, 3.8) is 0 Å². The van der Waals surface area contributed by atoms with Crippen LogP contribution < -0.4 is 0 Å². The van der Waals surface area contributed by atoms with E-state index in [4.69, 9.17) is 0 Å². The molecule has 29 heavy (non-hydrogen) atoms. The molecule has 0 nitrogen and oxygen atoms in total. The highest BCUT2D eigenvalue weighted by atomic mass is 19.1. The molecule has 0 aliphatic heterocycles. The van der Waals surface area contributed by atoms with Crippen molar-refractivity contribution >= 4 is 10.8 Å². The quantitative estimate of drug-likeness (QED) is 0.311. The number of halogens is 4. The molecule has 0 spiro atoms. The predicted octanol–water partition coefficient (Wildman–Crippen LogP) is 7.68. The molecular weight excluding hydrogens is 376 g/mol. The first-order chi connectivity index (χ1) is 14.0. The summed E-state index contributed by atoms with van der Waals surface area (Å²) < 4.78 is 57.6. The molecule has 0 saturated carbocycles. The van der Waals surface area contributed by atoms with Gasteiger partial charge < -0.3 is 0 Å². The van der Waals surface area contributed by atoms with Crippen molar-refractivity contribution in [3.8, 4) is 22.3 Å². The lowest BCUT2D eigenvalue weighted by molar-refractivity contribution is 0.589. The Bertz CT molecular complexity index is 1170. The molecule has 0 bridgehead atoms. The minimum atomic E-state index is -0.829. The predicted molar refractivity (Wildman–Crippen MR) is 109 cm³/mol. The third kappa shape index (κ3) is 3.63. The van der Waals surface area contributed by atoms with E-state index in [1.165, 1.54) is 12.1 Å². The van der Waals surface area contributed by atoms with E-state index in [2.05, 4.69) is 6.92 Å². The van der Waals surface area contributed by atoms with E-state index in [0.717, 1.165) is 48.1 Å². The van der Waals surface area contributed by atoms with Crippen molar-refractivity contribution in [1.29, 1.82) is 0 Å². The molecule has 0 unspecified atom stereocenters. The van der Waals surface area contributed by atoms with Gasteiger partial charge in [-0.2, -0.15) is 0 Å². The van der Waals surface area contributed by atoms with Crippen LogP contribution in [-0.2, 0) is 6.42 Å². The number of hydrogen-bond acceptors (Lipinski definition) is 0. The second-order valence-electron chi connectivity index (χ2n) is 7.05. The van der Waals surface area contributed by atoms with Gasteiger partial charge in [0.25, 0.3) is 0 Å². The van der Waals surface area contributed by atoms with Gasteiger partial charge in [0, 0.05) is 10.9 Å². The summed E-state index contributed by atoms with van der Waals surface area (Å²) in [7, 11) is 0. The molecule has 4 aromatic rings. The average Bonchev–Trinajstić information content (AvgIpc) is 2.69. The maximum atomic E-state index is 15.1. The molecule has 0 saturated heterocycles. The number of hydrogen-bond donors (Lipinski definition) is 0. The van der Waals surface area contributed by atoms with Gasteiger partial charge in [-0.05, 0) is 52.8 Å². The molecule has 4 aromatic carbocycles. The fourth-order valence-corrected chi connectivity index (χ4v) is 3.63. The lowest BCUT2D eigenvalue weighted by Crippen LogP contribution is -1.95. The molecule has 0 aliphatic carbocycles. The summed E-state index contributed by atoms with van der Waals surface area (Å²) in [6, 6.07) is 15.9. The van der Waals surface area contributed by atoms with Gasteiger partial charge in [0.2, 0.25) is 0 Å². The summed E-state index contributed by atoms with van der Waals surface area (Å²) in [6.07, 6.45) is 1.89. The SMILES string of the molecule is CCCc1ccc2c(F)c(-c3cc(F)c(-c4ccc(F)cc4)c(F)c3)ccc2c1. The average molecular weight is 394 g/mol. The Morgan fingerprint density at radius 3 is 2.03 bits per heavy atom.